The lowest BCUT2D eigenvalue weighted by molar-refractivity contribution is 0.101. The van der Waals surface area contributed by atoms with Gasteiger partial charge in [-0.05, 0) is 51.0 Å². The van der Waals surface area contributed by atoms with Gasteiger partial charge in [-0.2, -0.15) is 4.31 Å². The fourth-order valence-electron chi connectivity index (χ4n) is 3.29. The number of rotatable bonds is 5. The van der Waals surface area contributed by atoms with Crippen molar-refractivity contribution in [2.45, 2.75) is 51.0 Å². The molecule has 1 aromatic carbocycles. The third-order valence-corrected chi connectivity index (χ3v) is 8.00. The molecule has 1 aromatic heterocycles. The zero-order chi connectivity index (χ0) is 20.5. The van der Waals surface area contributed by atoms with E-state index in [1.165, 1.54) is 35.5 Å². The molecule has 1 amide bonds. The Hall–Kier alpha value is -2.10. The SMILES string of the molecule is CC(=O)c1sc(NC(=O)c2ccc(S(=O)(=O)N3CCCCC3C)cc2)nc1C. The predicted octanol–water partition coefficient (Wildman–Crippen LogP) is 3.47. The van der Waals surface area contributed by atoms with Gasteiger partial charge in [-0.3, -0.25) is 14.9 Å². The van der Waals surface area contributed by atoms with E-state index in [-0.39, 0.29) is 16.7 Å². The minimum absolute atomic E-state index is 0.0228. The third kappa shape index (κ3) is 4.16. The van der Waals surface area contributed by atoms with Crippen LogP contribution in [0, 0.1) is 6.92 Å². The van der Waals surface area contributed by atoms with Crippen molar-refractivity contribution in [1.82, 2.24) is 9.29 Å². The molecular formula is C19H23N3O4S2. The number of nitrogens with one attached hydrogen (secondary N) is 1. The van der Waals surface area contributed by atoms with Crippen LogP contribution in [-0.4, -0.2) is 42.0 Å². The summed E-state index contributed by atoms with van der Waals surface area (Å²) in [6.45, 7) is 5.61. The number of hydrogen-bond acceptors (Lipinski definition) is 6. The topological polar surface area (TPSA) is 96.4 Å². The molecule has 1 unspecified atom stereocenters. The van der Waals surface area contributed by atoms with Crippen molar-refractivity contribution < 1.29 is 18.0 Å². The molecule has 9 heteroatoms. The van der Waals surface area contributed by atoms with E-state index in [1.54, 1.807) is 6.92 Å². The summed E-state index contributed by atoms with van der Waals surface area (Å²) in [5, 5.41) is 3.00. The zero-order valence-corrected chi connectivity index (χ0v) is 17.7. The number of carbonyl (C=O) groups excluding carboxylic acids is 2. The molecule has 1 saturated heterocycles. The van der Waals surface area contributed by atoms with Crippen molar-refractivity contribution in [3.8, 4) is 0 Å². The molecule has 1 atom stereocenters. The van der Waals surface area contributed by atoms with Crippen LogP contribution >= 0.6 is 11.3 Å². The van der Waals surface area contributed by atoms with Gasteiger partial charge in [0.15, 0.2) is 10.9 Å². The van der Waals surface area contributed by atoms with E-state index in [4.69, 9.17) is 0 Å². The van der Waals surface area contributed by atoms with E-state index in [9.17, 15) is 18.0 Å². The second kappa shape index (κ2) is 8.10. The van der Waals surface area contributed by atoms with Gasteiger partial charge in [0.1, 0.15) is 0 Å². The van der Waals surface area contributed by atoms with Gasteiger partial charge in [0.05, 0.1) is 15.5 Å². The zero-order valence-electron chi connectivity index (χ0n) is 16.1. The highest BCUT2D eigenvalue weighted by atomic mass is 32.2. The minimum Gasteiger partial charge on any atom is -0.298 e. The van der Waals surface area contributed by atoms with Crippen molar-refractivity contribution in [3.05, 3.63) is 40.4 Å². The van der Waals surface area contributed by atoms with Gasteiger partial charge in [-0.25, -0.2) is 13.4 Å². The lowest BCUT2D eigenvalue weighted by atomic mass is 10.1. The molecule has 7 nitrogen and oxygen atoms in total. The predicted molar refractivity (Wildman–Crippen MR) is 108 cm³/mol. The monoisotopic (exact) mass is 421 g/mol. The molecule has 0 bridgehead atoms. The Balaban J connectivity index is 1.75. The fraction of sp³-hybridized carbons (Fsp3) is 0.421. The Labute approximate surface area is 168 Å². The van der Waals surface area contributed by atoms with Crippen LogP contribution in [-0.2, 0) is 10.0 Å². The Morgan fingerprint density at radius 1 is 1.21 bits per heavy atom. The number of anilines is 1. The van der Waals surface area contributed by atoms with Gasteiger partial charge >= 0.3 is 0 Å². The van der Waals surface area contributed by atoms with Crippen LogP contribution in [0.4, 0.5) is 5.13 Å². The molecule has 0 spiro atoms. The minimum atomic E-state index is -3.57. The van der Waals surface area contributed by atoms with E-state index in [1.807, 2.05) is 6.92 Å². The molecule has 0 saturated carbocycles. The number of amides is 1. The van der Waals surface area contributed by atoms with Crippen LogP contribution in [0.2, 0.25) is 0 Å². The number of sulfonamides is 1. The Bertz CT molecular complexity index is 997. The number of thiazole rings is 1. The summed E-state index contributed by atoms with van der Waals surface area (Å²) in [6, 6.07) is 5.87. The average Bonchev–Trinajstić information content (AvgIpc) is 3.02. The first-order chi connectivity index (χ1) is 13.2. The van der Waals surface area contributed by atoms with Gasteiger partial charge in [0, 0.05) is 25.1 Å². The van der Waals surface area contributed by atoms with Crippen LogP contribution < -0.4 is 5.32 Å². The summed E-state index contributed by atoms with van der Waals surface area (Å²) < 4.78 is 27.3. The summed E-state index contributed by atoms with van der Waals surface area (Å²) in [6.07, 6.45) is 2.75. The maximum absolute atomic E-state index is 12.9. The van der Waals surface area contributed by atoms with Crippen molar-refractivity contribution in [2.75, 3.05) is 11.9 Å². The van der Waals surface area contributed by atoms with E-state index in [2.05, 4.69) is 10.3 Å². The second-order valence-corrected chi connectivity index (χ2v) is 9.82. The summed E-state index contributed by atoms with van der Waals surface area (Å²) in [5.74, 6) is -0.504. The standard InChI is InChI=1S/C19H23N3O4S2/c1-12-6-4-5-11-22(12)28(25,26)16-9-7-15(8-10-16)18(24)21-19-20-13(2)17(27-19)14(3)23/h7-10,12H,4-6,11H2,1-3H3,(H,20,21,24). The molecular weight excluding hydrogens is 398 g/mol. The van der Waals surface area contributed by atoms with Crippen molar-refractivity contribution >= 4 is 38.2 Å². The van der Waals surface area contributed by atoms with Gasteiger partial charge < -0.3 is 0 Å². The first-order valence-electron chi connectivity index (χ1n) is 9.12. The number of Topliss-reactive ketones (excluding diaryl/α,β-unsaturated/α-hetero) is 1. The third-order valence-electron chi connectivity index (χ3n) is 4.80. The number of carbonyl (C=O) groups is 2. The normalized spacial score (nSPS) is 18.0. The first-order valence-corrected chi connectivity index (χ1v) is 11.4. The number of benzene rings is 1. The summed E-state index contributed by atoms with van der Waals surface area (Å²) in [7, 11) is -3.57. The maximum atomic E-state index is 12.9. The highest BCUT2D eigenvalue weighted by Gasteiger charge is 2.31. The molecule has 2 heterocycles. The fourth-order valence-corrected chi connectivity index (χ4v) is 5.84. The number of nitrogens with zero attached hydrogens (tertiary/aromatic N) is 2. The maximum Gasteiger partial charge on any atom is 0.257 e. The van der Waals surface area contributed by atoms with Crippen LogP contribution in [0.15, 0.2) is 29.2 Å². The van der Waals surface area contributed by atoms with Crippen molar-refractivity contribution in [1.29, 1.82) is 0 Å². The molecule has 1 aliphatic heterocycles. The van der Waals surface area contributed by atoms with Gasteiger partial charge in [0.25, 0.3) is 5.91 Å². The lowest BCUT2D eigenvalue weighted by Crippen LogP contribution is -2.41. The van der Waals surface area contributed by atoms with E-state index in [0.29, 0.717) is 27.8 Å². The molecule has 2 aromatic rings. The number of piperidine rings is 1. The van der Waals surface area contributed by atoms with Crippen molar-refractivity contribution in [3.63, 3.8) is 0 Å². The summed E-state index contributed by atoms with van der Waals surface area (Å²) in [5.41, 5.74) is 0.896. The lowest BCUT2D eigenvalue weighted by Gasteiger charge is -2.32. The molecule has 150 valence electrons. The summed E-state index contributed by atoms with van der Waals surface area (Å²) in [4.78, 5) is 28.8. The van der Waals surface area contributed by atoms with Crippen molar-refractivity contribution in [2.24, 2.45) is 0 Å². The number of aromatic nitrogens is 1. The van der Waals surface area contributed by atoms with Crippen LogP contribution in [0.3, 0.4) is 0 Å². The quantitative estimate of drug-likeness (QED) is 0.746. The number of ketones is 1. The number of hydrogen-bond donors (Lipinski definition) is 1. The van der Waals surface area contributed by atoms with Gasteiger partial charge in [-0.15, -0.1) is 0 Å². The molecule has 0 radical (unpaired) electrons. The molecule has 0 aliphatic carbocycles. The number of aryl methyl sites for hydroxylation is 1. The first kappa shape index (κ1) is 20.6. The molecule has 1 fully saturated rings. The average molecular weight is 422 g/mol. The highest BCUT2D eigenvalue weighted by Crippen LogP contribution is 2.26. The second-order valence-electron chi connectivity index (χ2n) is 6.93. The molecule has 3 rings (SSSR count). The molecule has 28 heavy (non-hydrogen) atoms. The smallest absolute Gasteiger partial charge is 0.257 e. The summed E-state index contributed by atoms with van der Waals surface area (Å²) >= 11 is 1.12. The van der Waals surface area contributed by atoms with Crippen LogP contribution in [0.25, 0.3) is 0 Å². The Morgan fingerprint density at radius 2 is 1.89 bits per heavy atom. The largest absolute Gasteiger partial charge is 0.298 e. The van der Waals surface area contributed by atoms with Crippen LogP contribution in [0.5, 0.6) is 0 Å². The molecule has 1 aliphatic rings. The molecule has 1 N–H and O–H groups in total. The Kier molecular flexibility index (Phi) is 5.97. The van der Waals surface area contributed by atoms with Gasteiger partial charge in [0.2, 0.25) is 10.0 Å². The highest BCUT2D eigenvalue weighted by molar-refractivity contribution is 7.89. The van der Waals surface area contributed by atoms with Gasteiger partial charge in [-0.1, -0.05) is 17.8 Å². The van der Waals surface area contributed by atoms with Crippen LogP contribution in [0.1, 0.15) is 58.8 Å². The van der Waals surface area contributed by atoms with E-state index < -0.39 is 15.9 Å². The Morgan fingerprint density at radius 3 is 2.46 bits per heavy atom. The van der Waals surface area contributed by atoms with E-state index in [0.717, 1.165) is 30.6 Å². The van der Waals surface area contributed by atoms with E-state index >= 15 is 0 Å².